The van der Waals surface area contributed by atoms with E-state index < -0.39 is 0 Å². The molecule has 3 rings (SSSR count). The highest BCUT2D eigenvalue weighted by Crippen LogP contribution is 2.32. The topological polar surface area (TPSA) is 28.2 Å². The molecule has 1 unspecified atom stereocenters. The summed E-state index contributed by atoms with van der Waals surface area (Å²) in [4.78, 5) is 7.52. The number of fused-ring (bicyclic) bond motifs is 1. The fourth-order valence-electron chi connectivity index (χ4n) is 3.23. The van der Waals surface area contributed by atoms with E-state index in [2.05, 4.69) is 55.3 Å². The minimum Gasteiger partial charge on any atom is -0.311 e. The van der Waals surface area contributed by atoms with Crippen LogP contribution in [0.25, 0.3) is 10.2 Å². The zero-order chi connectivity index (χ0) is 14.8. The summed E-state index contributed by atoms with van der Waals surface area (Å²) < 4.78 is 1.30. The Bertz CT molecular complexity index is 561. The van der Waals surface area contributed by atoms with Gasteiger partial charge in [0.2, 0.25) is 0 Å². The van der Waals surface area contributed by atoms with Crippen LogP contribution in [-0.2, 0) is 0 Å². The summed E-state index contributed by atoms with van der Waals surface area (Å²) in [5, 5.41) is 4.93. The lowest BCUT2D eigenvalue weighted by Gasteiger charge is -2.42. The number of hydrogen-bond acceptors (Lipinski definition) is 4. The molecular weight excluding hydrogens is 278 g/mol. The van der Waals surface area contributed by atoms with E-state index >= 15 is 0 Å². The molecule has 2 heterocycles. The third-order valence-electron chi connectivity index (χ3n) is 4.67. The first-order valence-corrected chi connectivity index (χ1v) is 8.89. The molecule has 1 fully saturated rings. The molecule has 21 heavy (non-hydrogen) atoms. The highest BCUT2D eigenvalue weighted by Gasteiger charge is 2.31. The van der Waals surface area contributed by atoms with Gasteiger partial charge >= 0.3 is 0 Å². The van der Waals surface area contributed by atoms with Crippen LogP contribution in [0.3, 0.4) is 0 Å². The van der Waals surface area contributed by atoms with Gasteiger partial charge < -0.3 is 5.32 Å². The second-order valence-electron chi connectivity index (χ2n) is 5.97. The lowest BCUT2D eigenvalue weighted by molar-refractivity contribution is 0.0850. The summed E-state index contributed by atoms with van der Waals surface area (Å²) in [6.45, 7) is 9.11. The molecule has 114 valence electrons. The zero-order valence-electron chi connectivity index (χ0n) is 13.2. The first-order chi connectivity index (χ1) is 10.2. The van der Waals surface area contributed by atoms with E-state index in [1.54, 1.807) is 0 Å². The van der Waals surface area contributed by atoms with Gasteiger partial charge in [-0.05, 0) is 31.9 Å². The molecule has 3 nitrogen and oxygen atoms in total. The van der Waals surface area contributed by atoms with E-state index in [4.69, 9.17) is 4.98 Å². The zero-order valence-corrected chi connectivity index (χ0v) is 14.0. The normalized spacial score (nSPS) is 25.3. The van der Waals surface area contributed by atoms with Gasteiger partial charge in [0.25, 0.3) is 0 Å². The quantitative estimate of drug-likeness (QED) is 0.930. The van der Waals surface area contributed by atoms with Crippen LogP contribution in [0, 0.1) is 0 Å². The van der Waals surface area contributed by atoms with Gasteiger partial charge in [-0.15, -0.1) is 11.3 Å². The van der Waals surface area contributed by atoms with Gasteiger partial charge in [-0.2, -0.15) is 0 Å². The van der Waals surface area contributed by atoms with Gasteiger partial charge in [0.1, 0.15) is 5.01 Å². The number of nitrogens with zero attached hydrogens (tertiary/aromatic N) is 2. The van der Waals surface area contributed by atoms with Crippen molar-refractivity contribution in [3.63, 3.8) is 0 Å². The van der Waals surface area contributed by atoms with Crippen LogP contribution in [0.1, 0.15) is 44.7 Å². The summed E-state index contributed by atoms with van der Waals surface area (Å²) in [5.41, 5.74) is 1.14. The lowest BCUT2D eigenvalue weighted by Crippen LogP contribution is -2.56. The highest BCUT2D eigenvalue weighted by molar-refractivity contribution is 7.18. The minimum absolute atomic E-state index is 0.406. The van der Waals surface area contributed by atoms with Crippen LogP contribution in [-0.4, -0.2) is 35.1 Å². The van der Waals surface area contributed by atoms with Crippen molar-refractivity contribution in [2.24, 2.45) is 0 Å². The molecule has 1 aliphatic rings. The first kappa shape index (κ1) is 14.9. The predicted molar refractivity (Wildman–Crippen MR) is 90.9 cm³/mol. The Morgan fingerprint density at radius 1 is 1.33 bits per heavy atom. The van der Waals surface area contributed by atoms with Crippen LogP contribution < -0.4 is 5.32 Å². The van der Waals surface area contributed by atoms with Crippen LogP contribution in [0.15, 0.2) is 24.3 Å². The van der Waals surface area contributed by atoms with Crippen molar-refractivity contribution >= 4 is 21.6 Å². The molecule has 0 radical (unpaired) electrons. The van der Waals surface area contributed by atoms with E-state index in [0.29, 0.717) is 18.1 Å². The first-order valence-electron chi connectivity index (χ1n) is 8.07. The standard InChI is InChI=1S/C17H25N3S/c1-4-13-11-20(14(5-2)10-18-13)12(3)17-19-15-8-6-7-9-16(15)21-17/h6-9,12-14,18H,4-5,10-11H2,1-3H3/t12?,13-,14+/m0/s1. The van der Waals surface area contributed by atoms with Gasteiger partial charge in [-0.25, -0.2) is 4.98 Å². The molecule has 1 aromatic carbocycles. The van der Waals surface area contributed by atoms with Crippen molar-refractivity contribution in [2.75, 3.05) is 13.1 Å². The third-order valence-corrected chi connectivity index (χ3v) is 5.88. The Morgan fingerprint density at radius 3 is 2.86 bits per heavy atom. The summed E-state index contributed by atoms with van der Waals surface area (Å²) in [6, 6.07) is 10.1. The summed E-state index contributed by atoms with van der Waals surface area (Å²) in [6.07, 6.45) is 2.39. The minimum atomic E-state index is 0.406. The summed E-state index contributed by atoms with van der Waals surface area (Å²) >= 11 is 1.85. The number of aromatic nitrogens is 1. The van der Waals surface area contributed by atoms with E-state index in [1.165, 1.54) is 22.5 Å². The molecule has 3 atom stereocenters. The summed E-state index contributed by atoms with van der Waals surface area (Å²) in [5.74, 6) is 0. The Balaban J connectivity index is 1.85. The molecule has 0 spiro atoms. The van der Waals surface area contributed by atoms with Crippen LogP contribution in [0.4, 0.5) is 0 Å². The fourth-order valence-corrected chi connectivity index (χ4v) is 4.27. The summed E-state index contributed by atoms with van der Waals surface area (Å²) in [7, 11) is 0. The number of benzene rings is 1. The van der Waals surface area contributed by atoms with Crippen molar-refractivity contribution in [2.45, 2.75) is 51.7 Å². The Labute approximate surface area is 131 Å². The molecular formula is C17H25N3S. The monoisotopic (exact) mass is 303 g/mol. The molecule has 2 aromatic rings. The van der Waals surface area contributed by atoms with Crippen molar-refractivity contribution in [1.82, 2.24) is 15.2 Å². The highest BCUT2D eigenvalue weighted by atomic mass is 32.1. The SMILES string of the molecule is CC[C@H]1CN(C(C)c2nc3ccccc3s2)[C@H](CC)CN1. The van der Waals surface area contributed by atoms with Crippen molar-refractivity contribution in [3.05, 3.63) is 29.3 Å². The van der Waals surface area contributed by atoms with Gasteiger partial charge in [-0.3, -0.25) is 4.90 Å². The maximum atomic E-state index is 4.86. The molecule has 1 aliphatic heterocycles. The molecule has 0 amide bonds. The van der Waals surface area contributed by atoms with Gasteiger partial charge in [0.15, 0.2) is 0 Å². The van der Waals surface area contributed by atoms with Crippen LogP contribution in [0.5, 0.6) is 0 Å². The lowest BCUT2D eigenvalue weighted by atomic mass is 10.0. The maximum Gasteiger partial charge on any atom is 0.111 e. The van der Waals surface area contributed by atoms with E-state index in [9.17, 15) is 0 Å². The van der Waals surface area contributed by atoms with Crippen LogP contribution in [0.2, 0.25) is 0 Å². The third kappa shape index (κ3) is 2.98. The van der Waals surface area contributed by atoms with Gasteiger partial charge in [0, 0.05) is 25.2 Å². The molecule has 4 heteroatoms. The average molecular weight is 303 g/mol. The fraction of sp³-hybridized carbons (Fsp3) is 0.588. The molecule has 1 aromatic heterocycles. The molecule has 0 saturated carbocycles. The van der Waals surface area contributed by atoms with E-state index in [1.807, 2.05) is 11.3 Å². The number of rotatable bonds is 4. The molecule has 1 N–H and O–H groups in total. The van der Waals surface area contributed by atoms with E-state index in [0.717, 1.165) is 18.6 Å². The van der Waals surface area contributed by atoms with Crippen molar-refractivity contribution < 1.29 is 0 Å². The average Bonchev–Trinajstić information content (AvgIpc) is 2.97. The maximum absolute atomic E-state index is 4.86. The van der Waals surface area contributed by atoms with Crippen molar-refractivity contribution in [3.8, 4) is 0 Å². The number of piperazine rings is 1. The van der Waals surface area contributed by atoms with Gasteiger partial charge in [-0.1, -0.05) is 26.0 Å². The smallest absolute Gasteiger partial charge is 0.111 e. The number of hydrogen-bond donors (Lipinski definition) is 1. The second kappa shape index (κ2) is 6.42. The second-order valence-corrected chi connectivity index (χ2v) is 7.03. The van der Waals surface area contributed by atoms with Crippen molar-refractivity contribution in [1.29, 1.82) is 0 Å². The predicted octanol–water partition coefficient (Wildman–Crippen LogP) is 3.82. The molecule has 1 saturated heterocycles. The Hall–Kier alpha value is -0.970. The number of para-hydroxylation sites is 1. The number of nitrogens with one attached hydrogen (secondary N) is 1. The molecule has 0 aliphatic carbocycles. The largest absolute Gasteiger partial charge is 0.311 e. The van der Waals surface area contributed by atoms with E-state index in [-0.39, 0.29) is 0 Å². The Morgan fingerprint density at radius 2 is 2.14 bits per heavy atom. The Kier molecular flexibility index (Phi) is 4.57. The van der Waals surface area contributed by atoms with Gasteiger partial charge in [0.05, 0.1) is 16.3 Å². The molecule has 0 bridgehead atoms. The number of thiazole rings is 1. The van der Waals surface area contributed by atoms with Crippen LogP contribution >= 0.6 is 11.3 Å².